The second-order valence-corrected chi connectivity index (χ2v) is 4.41. The molecule has 0 aliphatic carbocycles. The molecule has 18 heavy (non-hydrogen) atoms. The Balaban J connectivity index is 2.19. The number of nitrogens with one attached hydrogen (secondary N) is 1. The molecular weight excluding hydrogens is 230 g/mol. The molecule has 1 saturated heterocycles. The molecule has 0 bridgehead atoms. The third-order valence-corrected chi connectivity index (χ3v) is 3.18. The van der Waals surface area contributed by atoms with Gasteiger partial charge in [-0.2, -0.15) is 0 Å². The highest BCUT2D eigenvalue weighted by atomic mass is 16.1. The molecule has 2 heterocycles. The minimum absolute atomic E-state index is 0.182. The Bertz CT molecular complexity index is 475. The summed E-state index contributed by atoms with van der Waals surface area (Å²) in [5.74, 6) is 0.136. The fourth-order valence-electron chi connectivity index (χ4n) is 2.14. The normalized spacial score (nSPS) is 15.7. The van der Waals surface area contributed by atoms with Crippen LogP contribution in [0.2, 0.25) is 0 Å². The second kappa shape index (κ2) is 5.16. The van der Waals surface area contributed by atoms with E-state index in [9.17, 15) is 9.59 Å². The fraction of sp³-hybridized carbons (Fsp3) is 0.462. The maximum absolute atomic E-state index is 11.5. The molecule has 1 aromatic rings. The van der Waals surface area contributed by atoms with Gasteiger partial charge in [-0.05, 0) is 19.1 Å². The molecule has 5 nitrogen and oxygen atoms in total. The van der Waals surface area contributed by atoms with Gasteiger partial charge in [-0.3, -0.25) is 9.59 Å². The van der Waals surface area contributed by atoms with E-state index in [1.807, 2.05) is 13.0 Å². The summed E-state index contributed by atoms with van der Waals surface area (Å²) < 4.78 is 0. The number of carbonyl (C=O) groups is 2. The van der Waals surface area contributed by atoms with E-state index in [0.717, 1.165) is 24.5 Å². The van der Waals surface area contributed by atoms with Crippen molar-refractivity contribution in [1.82, 2.24) is 10.3 Å². The van der Waals surface area contributed by atoms with Crippen molar-refractivity contribution < 1.29 is 9.59 Å². The van der Waals surface area contributed by atoms with Gasteiger partial charge in [-0.15, -0.1) is 0 Å². The van der Waals surface area contributed by atoms with Crippen LogP contribution < -0.4 is 10.2 Å². The van der Waals surface area contributed by atoms with E-state index in [-0.39, 0.29) is 5.91 Å². The molecule has 0 atom stereocenters. The lowest BCUT2D eigenvalue weighted by atomic mass is 10.1. The van der Waals surface area contributed by atoms with E-state index in [2.05, 4.69) is 15.2 Å². The highest BCUT2D eigenvalue weighted by Gasteiger charge is 2.19. The van der Waals surface area contributed by atoms with Crippen molar-refractivity contribution in [2.24, 2.45) is 0 Å². The van der Waals surface area contributed by atoms with E-state index in [1.54, 1.807) is 13.1 Å². The van der Waals surface area contributed by atoms with E-state index in [4.69, 9.17) is 0 Å². The largest absolute Gasteiger partial charge is 0.369 e. The van der Waals surface area contributed by atoms with Crippen LogP contribution in [0.4, 0.5) is 5.69 Å². The number of hydrogen-bond donors (Lipinski definition) is 1. The molecule has 2 rings (SSSR count). The summed E-state index contributed by atoms with van der Waals surface area (Å²) in [7, 11) is 1.59. The predicted octanol–water partition coefficient (Wildman–Crippen LogP) is 0.919. The summed E-state index contributed by atoms with van der Waals surface area (Å²) in [6, 6.07) is 3.63. The van der Waals surface area contributed by atoms with Crippen molar-refractivity contribution in [1.29, 1.82) is 0 Å². The van der Waals surface area contributed by atoms with Gasteiger partial charge < -0.3 is 10.2 Å². The first kappa shape index (κ1) is 12.5. The van der Waals surface area contributed by atoms with Crippen LogP contribution in [-0.2, 0) is 4.79 Å². The Labute approximate surface area is 106 Å². The van der Waals surface area contributed by atoms with Crippen LogP contribution >= 0.6 is 0 Å². The van der Waals surface area contributed by atoms with E-state index in [0.29, 0.717) is 24.3 Å². The number of amides is 1. The van der Waals surface area contributed by atoms with Gasteiger partial charge in [0.2, 0.25) is 0 Å². The molecule has 1 amide bonds. The van der Waals surface area contributed by atoms with E-state index >= 15 is 0 Å². The maximum atomic E-state index is 11.5. The van der Waals surface area contributed by atoms with Crippen molar-refractivity contribution >= 4 is 17.4 Å². The summed E-state index contributed by atoms with van der Waals surface area (Å²) in [4.78, 5) is 29.1. The maximum Gasteiger partial charge on any atom is 0.269 e. The zero-order valence-electron chi connectivity index (χ0n) is 10.7. The van der Waals surface area contributed by atoms with Gasteiger partial charge in [0.25, 0.3) is 5.91 Å². The zero-order valence-corrected chi connectivity index (χ0v) is 10.7. The van der Waals surface area contributed by atoms with Crippen LogP contribution in [0.1, 0.15) is 29.0 Å². The molecule has 5 heteroatoms. The van der Waals surface area contributed by atoms with Crippen molar-refractivity contribution in [3.05, 3.63) is 23.5 Å². The van der Waals surface area contributed by atoms with Gasteiger partial charge in [0, 0.05) is 33.0 Å². The lowest BCUT2D eigenvalue weighted by Crippen LogP contribution is -2.34. The monoisotopic (exact) mass is 247 g/mol. The number of anilines is 1. The molecule has 0 unspecified atom stereocenters. The summed E-state index contributed by atoms with van der Waals surface area (Å²) >= 11 is 0. The average molecular weight is 247 g/mol. The number of rotatable bonds is 2. The summed E-state index contributed by atoms with van der Waals surface area (Å²) in [5, 5.41) is 2.55. The van der Waals surface area contributed by atoms with Crippen LogP contribution in [-0.4, -0.2) is 36.8 Å². The number of hydrogen-bond acceptors (Lipinski definition) is 4. The van der Waals surface area contributed by atoms with Gasteiger partial charge in [-0.25, -0.2) is 4.98 Å². The molecule has 1 aliphatic heterocycles. The first-order chi connectivity index (χ1) is 8.61. The number of pyridine rings is 1. The molecule has 1 aromatic heterocycles. The number of Topliss-reactive ketones (excluding diaryl/α,β-unsaturated/α-hetero) is 1. The molecule has 1 fully saturated rings. The Morgan fingerprint density at radius 3 is 2.56 bits per heavy atom. The topological polar surface area (TPSA) is 62.3 Å². The van der Waals surface area contributed by atoms with Crippen LogP contribution in [0, 0.1) is 6.92 Å². The third-order valence-electron chi connectivity index (χ3n) is 3.18. The van der Waals surface area contributed by atoms with Crippen LogP contribution in [0.3, 0.4) is 0 Å². The van der Waals surface area contributed by atoms with Crippen molar-refractivity contribution in [3.63, 3.8) is 0 Å². The molecule has 0 radical (unpaired) electrons. The number of piperidine rings is 1. The highest BCUT2D eigenvalue weighted by Crippen LogP contribution is 2.21. The zero-order chi connectivity index (χ0) is 13.1. The van der Waals surface area contributed by atoms with Crippen LogP contribution in [0.5, 0.6) is 0 Å². The van der Waals surface area contributed by atoms with Crippen LogP contribution in [0.15, 0.2) is 12.1 Å². The number of ketones is 1. The highest BCUT2D eigenvalue weighted by molar-refractivity contribution is 5.92. The van der Waals surface area contributed by atoms with Gasteiger partial charge in [0.1, 0.15) is 11.5 Å². The lowest BCUT2D eigenvalue weighted by molar-refractivity contribution is -0.119. The Kier molecular flexibility index (Phi) is 3.60. The SMILES string of the molecule is CNC(=O)c1ccc(N2CCC(=O)CC2)c(C)n1. The molecule has 96 valence electrons. The Morgan fingerprint density at radius 1 is 1.33 bits per heavy atom. The number of nitrogens with zero attached hydrogens (tertiary/aromatic N) is 2. The second-order valence-electron chi connectivity index (χ2n) is 4.41. The first-order valence-electron chi connectivity index (χ1n) is 6.08. The molecule has 0 saturated carbocycles. The number of aromatic nitrogens is 1. The lowest BCUT2D eigenvalue weighted by Gasteiger charge is -2.29. The number of carbonyl (C=O) groups excluding carboxylic acids is 2. The first-order valence-corrected chi connectivity index (χ1v) is 6.08. The fourth-order valence-corrected chi connectivity index (χ4v) is 2.14. The predicted molar refractivity (Wildman–Crippen MR) is 68.8 cm³/mol. The quantitative estimate of drug-likeness (QED) is 0.844. The third kappa shape index (κ3) is 2.50. The molecule has 0 spiro atoms. The van der Waals surface area contributed by atoms with Crippen LogP contribution in [0.25, 0.3) is 0 Å². The molecule has 0 aromatic carbocycles. The minimum Gasteiger partial charge on any atom is -0.369 e. The molecule has 1 N–H and O–H groups in total. The van der Waals surface area contributed by atoms with Crippen molar-refractivity contribution in [2.75, 3.05) is 25.0 Å². The molecule has 1 aliphatic rings. The molecular formula is C13H17N3O2. The van der Waals surface area contributed by atoms with Crippen molar-refractivity contribution in [2.45, 2.75) is 19.8 Å². The van der Waals surface area contributed by atoms with Crippen molar-refractivity contribution in [3.8, 4) is 0 Å². The minimum atomic E-state index is -0.182. The van der Waals surface area contributed by atoms with Gasteiger partial charge in [0.05, 0.1) is 11.4 Å². The van der Waals surface area contributed by atoms with E-state index in [1.165, 1.54) is 0 Å². The number of aryl methyl sites for hydroxylation is 1. The summed E-state index contributed by atoms with van der Waals surface area (Å²) in [6.45, 7) is 3.36. The Morgan fingerprint density at radius 2 is 2.00 bits per heavy atom. The summed E-state index contributed by atoms with van der Waals surface area (Å²) in [5.41, 5.74) is 2.26. The van der Waals surface area contributed by atoms with E-state index < -0.39 is 0 Å². The standard InChI is InChI=1S/C13H17N3O2/c1-9-12(16-7-5-10(17)6-8-16)4-3-11(15-9)13(18)14-2/h3-4H,5-8H2,1-2H3,(H,14,18). The van der Waals surface area contributed by atoms with Gasteiger partial charge >= 0.3 is 0 Å². The Hall–Kier alpha value is -1.91. The summed E-state index contributed by atoms with van der Waals surface area (Å²) in [6.07, 6.45) is 1.19. The smallest absolute Gasteiger partial charge is 0.269 e. The van der Waals surface area contributed by atoms with Gasteiger partial charge in [-0.1, -0.05) is 0 Å². The average Bonchev–Trinajstić information content (AvgIpc) is 2.39. The van der Waals surface area contributed by atoms with Gasteiger partial charge in [0.15, 0.2) is 0 Å².